The number of aryl methyl sites for hydroxylation is 1. The number of hydrogen-bond donors (Lipinski definition) is 1. The van der Waals surface area contributed by atoms with Crippen molar-refractivity contribution < 1.29 is 41.9 Å². The van der Waals surface area contributed by atoms with Crippen molar-refractivity contribution in [2.45, 2.75) is 204 Å². The Morgan fingerprint density at radius 3 is 1.35 bits per heavy atom. The molecule has 0 saturated heterocycles. The van der Waals surface area contributed by atoms with Crippen LogP contribution in [0.25, 0.3) is 55.2 Å². The third kappa shape index (κ3) is 28.5. The molecule has 10 aromatic rings. The van der Waals surface area contributed by atoms with E-state index in [1.165, 1.54) is 29.1 Å². The molecule has 27 heteroatoms. The third-order valence-electron chi connectivity index (χ3n) is 15.8. The Hall–Kier alpha value is -5.34. The number of pyridine rings is 5. The van der Waals surface area contributed by atoms with Crippen molar-refractivity contribution >= 4 is 141 Å². The lowest BCUT2D eigenvalue weighted by Crippen LogP contribution is -2.29. The molecule has 0 amide bonds. The summed E-state index contributed by atoms with van der Waals surface area (Å²) in [5.74, 6) is 1.21. The first kappa shape index (κ1) is 87.3. The molecule has 0 fully saturated rings. The SMILES string of the molecule is CC.CC.CC.CCCCOc1nc2c(ccn2COCC[Si](C)(C)C)cc1Br.CN1CCOc2nc3c(ccn3COCC[Si](C)(C)C)cc21.C[Si](C)(C)CCOCn1ccc2cc(Br)c(F)nc21.C[Si](C)(C)CCOCn1ccc2cc3c(nc21)OCCC3.Fc1nc2[nH]ccc2cc1Br. The fourth-order valence-corrected chi connectivity index (χ4v) is 14.0. The highest BCUT2D eigenvalue weighted by Gasteiger charge is 2.21. The van der Waals surface area contributed by atoms with Gasteiger partial charge in [-0.1, -0.05) is 133 Å². The maximum Gasteiger partial charge on any atom is 0.239 e. The largest absolute Gasteiger partial charge is 0.477 e. The Balaban J connectivity index is 0.000000228. The number of halogens is 5. The van der Waals surface area contributed by atoms with Gasteiger partial charge in [-0.05, 0) is 152 Å². The summed E-state index contributed by atoms with van der Waals surface area (Å²) in [5.41, 5.74) is 6.29. The van der Waals surface area contributed by atoms with Crippen molar-refractivity contribution in [3.05, 3.63) is 123 Å². The van der Waals surface area contributed by atoms with Crippen molar-refractivity contribution in [1.82, 2.24) is 48.2 Å². The number of aromatic nitrogens is 10. The first-order chi connectivity index (χ1) is 48.5. The average molecular weight is 1670 g/mol. The quantitative estimate of drug-likeness (QED) is 0.0345. The summed E-state index contributed by atoms with van der Waals surface area (Å²) in [6.07, 6.45) is 14.0. The summed E-state index contributed by atoms with van der Waals surface area (Å²) >= 11 is 9.73. The third-order valence-corrected chi connectivity index (χ3v) is 24.3. The molecule has 0 bridgehead atoms. The molecule has 0 unspecified atom stereocenters. The molecule has 0 atom stereocenters. The summed E-state index contributed by atoms with van der Waals surface area (Å²) < 4.78 is 76.1. The topological polar surface area (TPSA) is 168 Å². The van der Waals surface area contributed by atoms with Crippen LogP contribution in [0.3, 0.4) is 0 Å². The predicted molar refractivity (Wildman–Crippen MR) is 441 cm³/mol. The summed E-state index contributed by atoms with van der Waals surface area (Å²) in [6.45, 7) is 50.7. The van der Waals surface area contributed by atoms with Gasteiger partial charge in [-0.2, -0.15) is 23.7 Å². The van der Waals surface area contributed by atoms with Crippen LogP contribution in [0.15, 0.2) is 105 Å². The van der Waals surface area contributed by atoms with Crippen LogP contribution >= 0.6 is 47.8 Å². The number of likely N-dealkylation sites (N-methyl/N-ethyl adjacent to an activating group) is 1. The molecule has 12 rings (SSSR count). The molecular formula is C75H116Br3F2N11O7Si4. The molecule has 0 aromatic carbocycles. The highest BCUT2D eigenvalue weighted by molar-refractivity contribution is 9.11. The Labute approximate surface area is 635 Å². The van der Waals surface area contributed by atoms with Crippen molar-refractivity contribution in [1.29, 1.82) is 0 Å². The summed E-state index contributed by atoms with van der Waals surface area (Å²) in [5, 5.41) is 5.20. The highest BCUT2D eigenvalue weighted by Crippen LogP contribution is 2.34. The smallest absolute Gasteiger partial charge is 0.239 e. The van der Waals surface area contributed by atoms with Crippen LogP contribution in [-0.4, -0.2) is 140 Å². The number of ether oxygens (including phenoxy) is 7. The molecule has 102 heavy (non-hydrogen) atoms. The van der Waals surface area contributed by atoms with Gasteiger partial charge in [0.25, 0.3) is 0 Å². The molecular weight excluding hydrogens is 1560 g/mol. The maximum absolute atomic E-state index is 13.4. The summed E-state index contributed by atoms with van der Waals surface area (Å²) in [7, 11) is -2.09. The minimum Gasteiger partial charge on any atom is -0.477 e. The minimum absolute atomic E-state index is 0.386. The van der Waals surface area contributed by atoms with Gasteiger partial charge in [0.1, 0.15) is 67.5 Å². The van der Waals surface area contributed by atoms with Crippen molar-refractivity contribution in [3.8, 4) is 17.6 Å². The molecule has 2 aliphatic rings. The molecule has 10 aromatic heterocycles. The molecule has 18 nitrogen and oxygen atoms in total. The first-order valence-corrected chi connectivity index (χ1v) is 53.4. The van der Waals surface area contributed by atoms with Gasteiger partial charge in [-0.25, -0.2) is 9.97 Å². The zero-order valence-electron chi connectivity index (χ0n) is 64.5. The number of hydrogen-bond acceptors (Lipinski definition) is 13. The van der Waals surface area contributed by atoms with E-state index in [2.05, 4.69) is 227 Å². The number of nitrogens with zero attached hydrogens (tertiary/aromatic N) is 10. The molecule has 0 saturated carbocycles. The van der Waals surface area contributed by atoms with Crippen molar-refractivity contribution in [3.63, 3.8) is 0 Å². The molecule has 12 heterocycles. The van der Waals surface area contributed by atoms with Gasteiger partial charge in [-0.15, -0.1) is 0 Å². The zero-order chi connectivity index (χ0) is 75.4. The summed E-state index contributed by atoms with van der Waals surface area (Å²) in [6, 6.07) is 24.5. The van der Waals surface area contributed by atoms with E-state index in [1.807, 2.05) is 81.4 Å². The Kier molecular flexibility index (Phi) is 36.6. The van der Waals surface area contributed by atoms with E-state index in [0.29, 0.717) is 66.3 Å². The Morgan fingerprint density at radius 2 is 0.882 bits per heavy atom. The second kappa shape index (κ2) is 42.7. The number of aromatic amines is 1. The number of unbranched alkanes of at least 4 members (excludes halogenated alkanes) is 1. The van der Waals surface area contributed by atoms with Gasteiger partial charge < -0.3 is 61.3 Å². The highest BCUT2D eigenvalue weighted by atomic mass is 79.9. The first-order valence-electron chi connectivity index (χ1n) is 36.2. The maximum atomic E-state index is 13.4. The van der Waals surface area contributed by atoms with E-state index in [1.54, 1.807) is 18.3 Å². The van der Waals surface area contributed by atoms with E-state index >= 15 is 0 Å². The molecule has 0 spiro atoms. The van der Waals surface area contributed by atoms with Crippen LogP contribution in [-0.2, 0) is 52.3 Å². The van der Waals surface area contributed by atoms with Crippen LogP contribution in [0.5, 0.6) is 17.6 Å². The second-order valence-corrected chi connectivity index (χ2v) is 54.1. The molecule has 564 valence electrons. The monoisotopic (exact) mass is 1670 g/mol. The molecule has 1 N–H and O–H groups in total. The standard InChI is InChI=1S/C17H27BrN2O2Si.C16H25N3O2Si.C16H24N2O2Si.C13H18BrFN2OSi.C7H4BrFN2.3C2H6/c1-5-6-9-22-17-15(18)12-14-7-8-20(16(14)19-17)13-21-10-11-23(2,3)4;1-18-7-8-21-16-14(18)11-13-5-6-19(15(13)17-16)12-20-9-10-22(2,3)4;1-21(2,3)10-9-19-12-18-7-6-13-11-14-5-4-8-20-16(14)17-15(13)18;1-19(2,3)7-6-18-9-17-5-4-10-8-11(14)12(15)16-13(10)17;8-5-3-4-1-2-10-7(4)11-6(5)9;3*1-2/h7-8,12H,5-6,9-11,13H2,1-4H3;5-6,11H,7-10,12H2,1-4H3;6-7,11H,4-5,8-10,12H2,1-3H3;4-5,8H,6-7,9H2,1-3H3;1-3H,(H,10,11);3*1-2H3. The van der Waals surface area contributed by atoms with E-state index in [-0.39, 0.29) is 0 Å². The Bertz CT molecular complexity index is 4090. The average Bonchev–Trinajstić information content (AvgIpc) is 1.61. The van der Waals surface area contributed by atoms with Crippen LogP contribution in [0.4, 0.5) is 14.5 Å². The number of fused-ring (bicyclic) bond motifs is 7. The fourth-order valence-electron chi connectivity index (χ4n) is 9.81. The van der Waals surface area contributed by atoms with Crippen molar-refractivity contribution in [2.24, 2.45) is 0 Å². The van der Waals surface area contributed by atoms with Gasteiger partial charge in [-0.3, -0.25) is 0 Å². The molecule has 2 aliphatic heterocycles. The van der Waals surface area contributed by atoms with E-state index in [4.69, 9.17) is 33.2 Å². The lowest BCUT2D eigenvalue weighted by atomic mass is 10.1. The van der Waals surface area contributed by atoms with E-state index in [9.17, 15) is 8.78 Å². The van der Waals surface area contributed by atoms with Crippen LogP contribution < -0.4 is 19.1 Å². The lowest BCUT2D eigenvalue weighted by Gasteiger charge is -2.26. The number of anilines is 1. The Morgan fingerprint density at radius 1 is 0.480 bits per heavy atom. The zero-order valence-corrected chi connectivity index (χ0v) is 73.3. The van der Waals surface area contributed by atoms with Crippen LogP contribution in [0.1, 0.15) is 73.3 Å². The molecule has 0 aliphatic carbocycles. The van der Waals surface area contributed by atoms with Crippen LogP contribution in [0.2, 0.25) is 103 Å². The predicted octanol–water partition coefficient (Wildman–Crippen LogP) is 21.9. The van der Waals surface area contributed by atoms with Gasteiger partial charge in [0.15, 0.2) is 0 Å². The number of nitrogens with one attached hydrogen (secondary N) is 1. The second-order valence-electron chi connectivity index (χ2n) is 29.1. The van der Waals surface area contributed by atoms with Crippen molar-refractivity contribution in [2.75, 3.05) is 64.7 Å². The normalized spacial score (nSPS) is 12.7. The van der Waals surface area contributed by atoms with Gasteiger partial charge in [0.05, 0.1) is 33.2 Å². The van der Waals surface area contributed by atoms with Gasteiger partial charge in [0.2, 0.25) is 29.5 Å². The summed E-state index contributed by atoms with van der Waals surface area (Å²) in [4.78, 5) is 26.6. The number of H-pyrrole nitrogens is 1. The minimum atomic E-state index is -1.07. The van der Waals surface area contributed by atoms with Gasteiger partial charge in [0, 0.05) is 129 Å². The van der Waals surface area contributed by atoms with Gasteiger partial charge >= 0.3 is 0 Å². The number of rotatable bonds is 24. The van der Waals surface area contributed by atoms with E-state index < -0.39 is 44.2 Å². The molecule has 0 radical (unpaired) electrons. The van der Waals surface area contributed by atoms with E-state index in [0.717, 1.165) is 132 Å². The fraction of sp³-hybridized carbons (Fsp3) is 0.533. The lowest BCUT2D eigenvalue weighted by molar-refractivity contribution is 0.0897. The van der Waals surface area contributed by atoms with Crippen LogP contribution in [0, 0.1) is 11.9 Å².